The van der Waals surface area contributed by atoms with Gasteiger partial charge in [-0.1, -0.05) is 25.1 Å². The highest BCUT2D eigenvalue weighted by Crippen LogP contribution is 2.20. The molecule has 0 atom stereocenters. The van der Waals surface area contributed by atoms with Crippen molar-refractivity contribution >= 4 is 15.7 Å². The Kier molecular flexibility index (Phi) is 5.30. The quantitative estimate of drug-likeness (QED) is 0.821. The summed E-state index contributed by atoms with van der Waals surface area (Å²) in [7, 11) is -3.46. The summed E-state index contributed by atoms with van der Waals surface area (Å²) >= 11 is 0. The molecule has 0 spiro atoms. The van der Waals surface area contributed by atoms with E-state index in [0.717, 1.165) is 12.0 Å². The maximum absolute atomic E-state index is 12.1. The second-order valence-electron chi connectivity index (χ2n) is 4.54. The zero-order valence-corrected chi connectivity index (χ0v) is 12.7. The SMILES string of the molecule is CCNS(=O)(=O)c1ccccc1NCCc1cccnc1. The Morgan fingerprint density at radius 3 is 2.67 bits per heavy atom. The molecule has 6 heteroatoms. The minimum atomic E-state index is -3.46. The highest BCUT2D eigenvalue weighted by Gasteiger charge is 2.16. The minimum absolute atomic E-state index is 0.276. The molecule has 2 N–H and O–H groups in total. The Morgan fingerprint density at radius 1 is 1.14 bits per heavy atom. The van der Waals surface area contributed by atoms with Crippen LogP contribution in [-0.2, 0) is 16.4 Å². The van der Waals surface area contributed by atoms with Gasteiger partial charge in [0, 0.05) is 25.5 Å². The zero-order chi connectivity index (χ0) is 15.1. The van der Waals surface area contributed by atoms with Crippen LogP contribution < -0.4 is 10.0 Å². The number of para-hydroxylation sites is 1. The van der Waals surface area contributed by atoms with E-state index >= 15 is 0 Å². The van der Waals surface area contributed by atoms with E-state index in [4.69, 9.17) is 0 Å². The third kappa shape index (κ3) is 4.27. The molecule has 0 radical (unpaired) electrons. The fourth-order valence-electron chi connectivity index (χ4n) is 2.00. The molecule has 2 rings (SSSR count). The number of nitrogens with zero attached hydrogens (tertiary/aromatic N) is 1. The van der Waals surface area contributed by atoms with E-state index < -0.39 is 10.0 Å². The van der Waals surface area contributed by atoms with Crippen molar-refractivity contribution in [1.82, 2.24) is 9.71 Å². The van der Waals surface area contributed by atoms with Crippen LogP contribution in [-0.4, -0.2) is 26.5 Å². The van der Waals surface area contributed by atoms with Gasteiger partial charge in [0.15, 0.2) is 0 Å². The topological polar surface area (TPSA) is 71.1 Å². The molecule has 0 bridgehead atoms. The first-order chi connectivity index (χ1) is 10.1. The first-order valence-corrected chi connectivity index (χ1v) is 8.33. The lowest BCUT2D eigenvalue weighted by Gasteiger charge is -2.12. The summed E-state index contributed by atoms with van der Waals surface area (Å²) in [4.78, 5) is 4.33. The molecule has 0 saturated heterocycles. The number of benzene rings is 1. The van der Waals surface area contributed by atoms with E-state index in [1.165, 1.54) is 0 Å². The van der Waals surface area contributed by atoms with Gasteiger partial charge in [0.1, 0.15) is 4.90 Å². The number of hydrogen-bond acceptors (Lipinski definition) is 4. The number of aromatic nitrogens is 1. The van der Waals surface area contributed by atoms with Gasteiger partial charge in [0.2, 0.25) is 10.0 Å². The monoisotopic (exact) mass is 305 g/mol. The van der Waals surface area contributed by atoms with E-state index in [2.05, 4.69) is 15.0 Å². The summed E-state index contributed by atoms with van der Waals surface area (Å²) in [5, 5.41) is 3.18. The average Bonchev–Trinajstić information content (AvgIpc) is 2.49. The summed E-state index contributed by atoms with van der Waals surface area (Å²) in [5.41, 5.74) is 1.72. The second kappa shape index (κ2) is 7.19. The van der Waals surface area contributed by atoms with Crippen molar-refractivity contribution in [2.45, 2.75) is 18.2 Å². The van der Waals surface area contributed by atoms with Gasteiger partial charge in [-0.15, -0.1) is 0 Å². The van der Waals surface area contributed by atoms with Crippen LogP contribution >= 0.6 is 0 Å². The summed E-state index contributed by atoms with van der Waals surface area (Å²) in [6, 6.07) is 10.8. The normalized spacial score (nSPS) is 11.3. The van der Waals surface area contributed by atoms with Crippen molar-refractivity contribution in [3.8, 4) is 0 Å². The number of nitrogens with one attached hydrogen (secondary N) is 2. The highest BCUT2D eigenvalue weighted by molar-refractivity contribution is 7.89. The number of hydrogen-bond donors (Lipinski definition) is 2. The highest BCUT2D eigenvalue weighted by atomic mass is 32.2. The molecule has 0 amide bonds. The lowest BCUT2D eigenvalue weighted by atomic mass is 10.2. The molecule has 5 nitrogen and oxygen atoms in total. The smallest absolute Gasteiger partial charge is 0.242 e. The number of pyridine rings is 1. The summed E-state index contributed by atoms with van der Waals surface area (Å²) in [5.74, 6) is 0. The standard InChI is InChI=1S/C15H19N3O2S/c1-2-18-21(19,20)15-8-4-3-7-14(15)17-11-9-13-6-5-10-16-12-13/h3-8,10,12,17-18H,2,9,11H2,1H3. The molecule has 0 aliphatic rings. The van der Waals surface area contributed by atoms with E-state index in [0.29, 0.717) is 18.8 Å². The molecule has 0 aliphatic carbocycles. The van der Waals surface area contributed by atoms with Gasteiger partial charge in [-0.2, -0.15) is 0 Å². The Labute approximate surface area is 125 Å². The Hall–Kier alpha value is -1.92. The van der Waals surface area contributed by atoms with Crippen LogP contribution in [0.25, 0.3) is 0 Å². The molecule has 0 fully saturated rings. The molecule has 1 heterocycles. The zero-order valence-electron chi connectivity index (χ0n) is 11.9. The molecular weight excluding hydrogens is 286 g/mol. The maximum atomic E-state index is 12.1. The fraction of sp³-hybridized carbons (Fsp3) is 0.267. The van der Waals surface area contributed by atoms with Crippen LogP contribution in [0.15, 0.2) is 53.7 Å². The van der Waals surface area contributed by atoms with Crippen LogP contribution in [0.3, 0.4) is 0 Å². The van der Waals surface area contributed by atoms with Crippen molar-refractivity contribution in [2.75, 3.05) is 18.4 Å². The fourth-order valence-corrected chi connectivity index (χ4v) is 3.23. The van der Waals surface area contributed by atoms with Crippen LogP contribution in [0.4, 0.5) is 5.69 Å². The van der Waals surface area contributed by atoms with E-state index in [1.54, 1.807) is 31.3 Å². The van der Waals surface area contributed by atoms with Gasteiger partial charge in [0.25, 0.3) is 0 Å². The third-order valence-electron chi connectivity index (χ3n) is 2.96. The Bertz CT molecular complexity index is 672. The average molecular weight is 305 g/mol. The van der Waals surface area contributed by atoms with Crippen LogP contribution in [0.2, 0.25) is 0 Å². The molecular formula is C15H19N3O2S. The lowest BCUT2D eigenvalue weighted by molar-refractivity contribution is 0.584. The molecule has 1 aromatic heterocycles. The number of sulfonamides is 1. The minimum Gasteiger partial charge on any atom is -0.384 e. The molecule has 0 aliphatic heterocycles. The van der Waals surface area contributed by atoms with E-state index in [-0.39, 0.29) is 4.90 Å². The molecule has 112 valence electrons. The molecule has 21 heavy (non-hydrogen) atoms. The van der Waals surface area contributed by atoms with Gasteiger partial charge in [-0.3, -0.25) is 4.98 Å². The Morgan fingerprint density at radius 2 is 1.95 bits per heavy atom. The first-order valence-electron chi connectivity index (χ1n) is 6.85. The molecule has 0 saturated carbocycles. The van der Waals surface area contributed by atoms with Crippen LogP contribution in [0.5, 0.6) is 0 Å². The third-order valence-corrected chi connectivity index (χ3v) is 4.57. The van der Waals surface area contributed by atoms with Gasteiger partial charge in [-0.25, -0.2) is 13.1 Å². The summed E-state index contributed by atoms with van der Waals surface area (Å²) in [6.07, 6.45) is 4.32. The lowest BCUT2D eigenvalue weighted by Crippen LogP contribution is -2.24. The number of rotatable bonds is 7. The predicted molar refractivity (Wildman–Crippen MR) is 83.7 cm³/mol. The second-order valence-corrected chi connectivity index (χ2v) is 6.27. The predicted octanol–water partition coefficient (Wildman–Crippen LogP) is 2.03. The van der Waals surface area contributed by atoms with E-state index in [9.17, 15) is 8.42 Å². The molecule has 1 aromatic carbocycles. The van der Waals surface area contributed by atoms with E-state index in [1.807, 2.05) is 24.4 Å². The van der Waals surface area contributed by atoms with Crippen LogP contribution in [0, 0.1) is 0 Å². The van der Waals surface area contributed by atoms with Crippen molar-refractivity contribution in [3.05, 3.63) is 54.4 Å². The van der Waals surface area contributed by atoms with Crippen LogP contribution in [0.1, 0.15) is 12.5 Å². The molecule has 2 aromatic rings. The van der Waals surface area contributed by atoms with Gasteiger partial charge in [0.05, 0.1) is 5.69 Å². The van der Waals surface area contributed by atoms with Crippen molar-refractivity contribution in [3.63, 3.8) is 0 Å². The first kappa shape index (κ1) is 15.5. The van der Waals surface area contributed by atoms with Gasteiger partial charge >= 0.3 is 0 Å². The molecule has 0 unspecified atom stereocenters. The van der Waals surface area contributed by atoms with Crippen molar-refractivity contribution < 1.29 is 8.42 Å². The summed E-state index contributed by atoms with van der Waals surface area (Å²) < 4.78 is 26.8. The largest absolute Gasteiger partial charge is 0.384 e. The summed E-state index contributed by atoms with van der Waals surface area (Å²) in [6.45, 7) is 2.77. The van der Waals surface area contributed by atoms with Crippen molar-refractivity contribution in [1.29, 1.82) is 0 Å². The number of anilines is 1. The van der Waals surface area contributed by atoms with Crippen molar-refractivity contribution in [2.24, 2.45) is 0 Å². The van der Waals surface area contributed by atoms with Gasteiger partial charge in [-0.05, 0) is 30.2 Å². The maximum Gasteiger partial charge on any atom is 0.242 e. The van der Waals surface area contributed by atoms with Gasteiger partial charge < -0.3 is 5.32 Å². The Balaban J connectivity index is 2.07.